The maximum absolute atomic E-state index is 13.1. The smallest absolute Gasteiger partial charge is 0.236 e. The molecule has 0 unspecified atom stereocenters. The lowest BCUT2D eigenvalue weighted by molar-refractivity contribution is -0.125. The van der Waals surface area contributed by atoms with Gasteiger partial charge in [0, 0.05) is 24.2 Å². The van der Waals surface area contributed by atoms with Gasteiger partial charge in [-0.25, -0.2) is 0 Å². The predicted octanol–water partition coefficient (Wildman–Crippen LogP) is 4.86. The van der Waals surface area contributed by atoms with Crippen molar-refractivity contribution in [1.82, 2.24) is 4.90 Å². The van der Waals surface area contributed by atoms with Crippen LogP contribution in [-0.4, -0.2) is 40.9 Å². The van der Waals surface area contributed by atoms with Gasteiger partial charge in [0.05, 0.1) is 11.4 Å². The molecule has 162 valence electrons. The monoisotopic (exact) mass is 409 g/mol. The molecule has 5 rings (SSSR count). The van der Waals surface area contributed by atoms with Crippen LogP contribution < -0.4 is 10.2 Å². The highest BCUT2D eigenvalue weighted by atomic mass is 16.2. The molecule has 3 heterocycles. The second kappa shape index (κ2) is 8.70. The van der Waals surface area contributed by atoms with Crippen molar-refractivity contribution in [2.75, 3.05) is 10.2 Å². The second-order valence-corrected chi connectivity index (χ2v) is 9.82. The highest BCUT2D eigenvalue weighted by Crippen LogP contribution is 2.42. The van der Waals surface area contributed by atoms with E-state index < -0.39 is 0 Å². The first kappa shape index (κ1) is 20.0. The average Bonchev–Trinajstić information content (AvgIpc) is 2.81. The zero-order valence-electron chi connectivity index (χ0n) is 18.0. The summed E-state index contributed by atoms with van der Waals surface area (Å²) in [5.74, 6) is -0.234. The number of nitrogens with zero attached hydrogens (tertiary/aromatic N) is 2. The Morgan fingerprint density at radius 1 is 0.733 bits per heavy atom. The van der Waals surface area contributed by atoms with E-state index in [2.05, 4.69) is 10.2 Å². The van der Waals surface area contributed by atoms with Crippen LogP contribution in [0.5, 0.6) is 0 Å². The number of hydrogen-bond acceptors (Lipinski definition) is 3. The van der Waals surface area contributed by atoms with E-state index in [9.17, 15) is 9.59 Å². The first-order valence-corrected chi connectivity index (χ1v) is 12.2. The lowest BCUT2D eigenvalue weighted by atomic mass is 9.78. The first-order valence-electron chi connectivity index (χ1n) is 12.2. The minimum Gasteiger partial charge on any atom is -0.324 e. The molecular formula is C25H35N3O2. The van der Waals surface area contributed by atoms with E-state index >= 15 is 0 Å². The van der Waals surface area contributed by atoms with Crippen molar-refractivity contribution in [3.63, 3.8) is 0 Å². The summed E-state index contributed by atoms with van der Waals surface area (Å²) in [5, 5.41) is 2.93. The molecule has 5 nitrogen and oxygen atoms in total. The number of carbonyl (C=O) groups is 2. The summed E-state index contributed by atoms with van der Waals surface area (Å²) >= 11 is 0. The van der Waals surface area contributed by atoms with Crippen molar-refractivity contribution in [3.8, 4) is 0 Å². The highest BCUT2D eigenvalue weighted by Gasteiger charge is 2.44. The van der Waals surface area contributed by atoms with Gasteiger partial charge in [-0.05, 0) is 50.7 Å². The Labute approximate surface area is 180 Å². The molecule has 2 amide bonds. The number of fused-ring (bicyclic) bond motifs is 3. The van der Waals surface area contributed by atoms with Crippen LogP contribution in [0.15, 0.2) is 24.3 Å². The molecule has 0 aromatic heterocycles. The van der Waals surface area contributed by atoms with Crippen LogP contribution in [0.4, 0.5) is 11.4 Å². The van der Waals surface area contributed by atoms with E-state index in [0.717, 1.165) is 30.3 Å². The van der Waals surface area contributed by atoms with E-state index in [1.54, 1.807) is 0 Å². The first-order chi connectivity index (χ1) is 14.7. The minimum atomic E-state index is -0.192. The number of nitrogens with one attached hydrogen (secondary N) is 1. The standard InChI is InChI=1S/C25H35N3O2/c29-24-17-25(30)28(23-14-7-6-13-22(23)26-24)21-15-19-11-8-12-20(16-21)27(19)18-9-4-2-1-3-5-10-18/h6-7,13-14,18-21H,1-5,8-12,15-17H2,(H,26,29)/t19-,20+,21-. The van der Waals surface area contributed by atoms with Crippen LogP contribution in [0.1, 0.15) is 83.5 Å². The molecule has 1 aromatic carbocycles. The van der Waals surface area contributed by atoms with Gasteiger partial charge in [-0.15, -0.1) is 0 Å². The SMILES string of the molecule is O=C1CC(=O)N([C@@H]2C[C@H]3CCC[C@@H](C2)N3C2CCCCCCC2)c2ccccc2N1. The fourth-order valence-corrected chi connectivity index (χ4v) is 6.67. The van der Waals surface area contributed by atoms with Crippen molar-refractivity contribution >= 4 is 23.2 Å². The zero-order chi connectivity index (χ0) is 20.5. The van der Waals surface area contributed by atoms with E-state index in [4.69, 9.17) is 0 Å². The summed E-state index contributed by atoms with van der Waals surface area (Å²) < 4.78 is 0. The predicted molar refractivity (Wildman–Crippen MR) is 120 cm³/mol. The number of amides is 2. The maximum atomic E-state index is 13.1. The summed E-state index contributed by atoms with van der Waals surface area (Å²) in [6.45, 7) is 0. The molecule has 2 bridgehead atoms. The van der Waals surface area contributed by atoms with E-state index in [1.807, 2.05) is 29.2 Å². The summed E-state index contributed by atoms with van der Waals surface area (Å²) in [6.07, 6.45) is 15.5. The number of piperidine rings is 2. The van der Waals surface area contributed by atoms with Gasteiger partial charge in [-0.1, -0.05) is 50.7 Å². The number of benzene rings is 1. The molecule has 2 saturated heterocycles. The van der Waals surface area contributed by atoms with Crippen LogP contribution in [-0.2, 0) is 9.59 Å². The highest BCUT2D eigenvalue weighted by molar-refractivity contribution is 6.14. The maximum Gasteiger partial charge on any atom is 0.236 e. The average molecular weight is 410 g/mol. The molecule has 1 aromatic rings. The largest absolute Gasteiger partial charge is 0.324 e. The molecule has 3 fully saturated rings. The lowest BCUT2D eigenvalue weighted by Gasteiger charge is -2.54. The molecule has 5 heteroatoms. The van der Waals surface area contributed by atoms with E-state index in [1.165, 1.54) is 64.2 Å². The Hall–Kier alpha value is -1.88. The van der Waals surface area contributed by atoms with Crippen molar-refractivity contribution < 1.29 is 9.59 Å². The van der Waals surface area contributed by atoms with Gasteiger partial charge in [0.25, 0.3) is 0 Å². The lowest BCUT2D eigenvalue weighted by Crippen LogP contribution is -2.60. The van der Waals surface area contributed by atoms with Gasteiger partial charge < -0.3 is 10.2 Å². The van der Waals surface area contributed by atoms with Gasteiger partial charge in [0.15, 0.2) is 0 Å². The van der Waals surface area contributed by atoms with Crippen molar-refractivity contribution in [1.29, 1.82) is 0 Å². The minimum absolute atomic E-state index is 0.0417. The fourth-order valence-electron chi connectivity index (χ4n) is 6.67. The Balaban J connectivity index is 1.40. The van der Waals surface area contributed by atoms with Crippen LogP contribution in [0, 0.1) is 0 Å². The second-order valence-electron chi connectivity index (χ2n) is 9.82. The Morgan fingerprint density at radius 2 is 1.37 bits per heavy atom. The third-order valence-electron chi connectivity index (χ3n) is 7.89. The van der Waals surface area contributed by atoms with Gasteiger partial charge in [0.2, 0.25) is 11.8 Å². The third-order valence-corrected chi connectivity index (χ3v) is 7.89. The Morgan fingerprint density at radius 3 is 2.10 bits per heavy atom. The number of anilines is 2. The number of para-hydroxylation sites is 2. The topological polar surface area (TPSA) is 52.7 Å². The van der Waals surface area contributed by atoms with Gasteiger partial charge in [0.1, 0.15) is 6.42 Å². The molecule has 3 aliphatic heterocycles. The van der Waals surface area contributed by atoms with Crippen molar-refractivity contribution in [2.24, 2.45) is 0 Å². The number of carbonyl (C=O) groups excluding carboxylic acids is 2. The van der Waals surface area contributed by atoms with Crippen LogP contribution in [0.2, 0.25) is 0 Å². The summed E-state index contributed by atoms with van der Waals surface area (Å²) in [4.78, 5) is 30.2. The quantitative estimate of drug-likeness (QED) is 0.710. The van der Waals surface area contributed by atoms with Crippen molar-refractivity contribution in [3.05, 3.63) is 24.3 Å². The number of hydrogen-bond donors (Lipinski definition) is 1. The zero-order valence-corrected chi connectivity index (χ0v) is 18.0. The molecule has 1 saturated carbocycles. The van der Waals surface area contributed by atoms with E-state index in [-0.39, 0.29) is 24.3 Å². The van der Waals surface area contributed by atoms with Crippen LogP contribution in [0.3, 0.4) is 0 Å². The summed E-state index contributed by atoms with van der Waals surface area (Å²) in [5.41, 5.74) is 1.66. The molecule has 0 radical (unpaired) electrons. The van der Waals surface area contributed by atoms with Gasteiger partial charge in [-0.3, -0.25) is 14.5 Å². The number of rotatable bonds is 2. The van der Waals surface area contributed by atoms with Crippen molar-refractivity contribution in [2.45, 2.75) is 108 Å². The summed E-state index contributed by atoms with van der Waals surface area (Å²) in [7, 11) is 0. The Kier molecular flexibility index (Phi) is 5.81. The molecular weight excluding hydrogens is 374 g/mol. The molecule has 1 N–H and O–H groups in total. The third kappa shape index (κ3) is 3.89. The van der Waals surface area contributed by atoms with Gasteiger partial charge in [-0.2, -0.15) is 0 Å². The van der Waals surface area contributed by atoms with E-state index in [0.29, 0.717) is 12.1 Å². The molecule has 0 spiro atoms. The summed E-state index contributed by atoms with van der Waals surface area (Å²) in [6, 6.07) is 9.92. The molecule has 30 heavy (non-hydrogen) atoms. The molecule has 3 atom stereocenters. The fraction of sp³-hybridized carbons (Fsp3) is 0.680. The Bertz CT molecular complexity index is 772. The normalized spacial score (nSPS) is 31.3. The molecule has 1 aliphatic carbocycles. The molecule has 4 aliphatic rings. The van der Waals surface area contributed by atoms with Crippen LogP contribution >= 0.6 is 0 Å². The van der Waals surface area contributed by atoms with Gasteiger partial charge >= 0.3 is 0 Å². The van der Waals surface area contributed by atoms with Crippen LogP contribution in [0.25, 0.3) is 0 Å².